The molecule has 2 nitrogen and oxygen atoms in total. The molecule has 2 rings (SSSR count). The second-order valence-electron chi connectivity index (χ2n) is 4.73. The SMILES string of the molecule is CCN(Cc1ccccc1C)c1ncc(Br)cc1C. The average molecular weight is 319 g/mol. The highest BCUT2D eigenvalue weighted by Crippen LogP contribution is 2.22. The van der Waals surface area contributed by atoms with Crippen molar-refractivity contribution in [1.82, 2.24) is 4.98 Å². The Labute approximate surface area is 123 Å². The minimum atomic E-state index is 0.901. The summed E-state index contributed by atoms with van der Waals surface area (Å²) in [6.07, 6.45) is 1.86. The molecular formula is C16H19BrN2. The minimum Gasteiger partial charge on any atom is -0.352 e. The molecule has 0 amide bonds. The summed E-state index contributed by atoms with van der Waals surface area (Å²) < 4.78 is 1.03. The molecule has 0 bridgehead atoms. The van der Waals surface area contributed by atoms with Crippen molar-refractivity contribution in [2.75, 3.05) is 11.4 Å². The van der Waals surface area contributed by atoms with Gasteiger partial charge in [-0.2, -0.15) is 0 Å². The van der Waals surface area contributed by atoms with Gasteiger partial charge in [-0.1, -0.05) is 24.3 Å². The molecule has 0 aliphatic rings. The first-order chi connectivity index (χ1) is 9.11. The number of hydrogen-bond acceptors (Lipinski definition) is 2. The van der Waals surface area contributed by atoms with Crippen molar-refractivity contribution in [2.45, 2.75) is 27.3 Å². The third kappa shape index (κ3) is 3.35. The fourth-order valence-electron chi connectivity index (χ4n) is 2.19. The quantitative estimate of drug-likeness (QED) is 0.825. The molecule has 0 fully saturated rings. The molecule has 0 unspecified atom stereocenters. The van der Waals surface area contributed by atoms with Gasteiger partial charge in [0.15, 0.2) is 0 Å². The highest BCUT2D eigenvalue weighted by Gasteiger charge is 2.11. The first-order valence-corrected chi connectivity index (χ1v) is 7.32. The molecule has 1 aromatic carbocycles. The van der Waals surface area contributed by atoms with Crippen molar-refractivity contribution in [3.63, 3.8) is 0 Å². The van der Waals surface area contributed by atoms with Crippen molar-refractivity contribution >= 4 is 21.7 Å². The molecule has 0 aliphatic heterocycles. The van der Waals surface area contributed by atoms with E-state index in [1.807, 2.05) is 6.20 Å². The van der Waals surface area contributed by atoms with Crippen LogP contribution in [0.15, 0.2) is 41.0 Å². The lowest BCUT2D eigenvalue weighted by atomic mass is 10.1. The van der Waals surface area contributed by atoms with Crippen LogP contribution >= 0.6 is 15.9 Å². The fraction of sp³-hybridized carbons (Fsp3) is 0.312. The molecule has 0 spiro atoms. The number of benzene rings is 1. The smallest absolute Gasteiger partial charge is 0.131 e. The van der Waals surface area contributed by atoms with E-state index in [1.54, 1.807) is 0 Å². The summed E-state index contributed by atoms with van der Waals surface area (Å²) in [5, 5.41) is 0. The number of halogens is 1. The maximum atomic E-state index is 4.55. The largest absolute Gasteiger partial charge is 0.352 e. The molecule has 1 heterocycles. The molecule has 0 saturated carbocycles. The van der Waals surface area contributed by atoms with Gasteiger partial charge in [-0.25, -0.2) is 4.98 Å². The van der Waals surface area contributed by atoms with Crippen molar-refractivity contribution in [1.29, 1.82) is 0 Å². The number of rotatable bonds is 4. The second kappa shape index (κ2) is 6.20. The lowest BCUT2D eigenvalue weighted by molar-refractivity contribution is 0.804. The second-order valence-corrected chi connectivity index (χ2v) is 5.65. The van der Waals surface area contributed by atoms with Gasteiger partial charge in [-0.15, -0.1) is 0 Å². The monoisotopic (exact) mass is 318 g/mol. The molecule has 19 heavy (non-hydrogen) atoms. The Bertz CT molecular complexity index is 566. The van der Waals surface area contributed by atoms with Gasteiger partial charge in [0.1, 0.15) is 5.82 Å². The van der Waals surface area contributed by atoms with Gasteiger partial charge in [0, 0.05) is 23.8 Å². The van der Waals surface area contributed by atoms with Gasteiger partial charge in [-0.05, 0) is 59.5 Å². The summed E-state index contributed by atoms with van der Waals surface area (Å²) in [5.41, 5.74) is 3.88. The van der Waals surface area contributed by atoms with Gasteiger partial charge in [0.05, 0.1) is 0 Å². The zero-order valence-electron chi connectivity index (χ0n) is 11.7. The van der Waals surface area contributed by atoms with Crippen LogP contribution in [0.3, 0.4) is 0 Å². The Balaban J connectivity index is 2.28. The fourth-order valence-corrected chi connectivity index (χ4v) is 2.64. The van der Waals surface area contributed by atoms with E-state index in [0.29, 0.717) is 0 Å². The van der Waals surface area contributed by atoms with Crippen LogP contribution in [0.5, 0.6) is 0 Å². The van der Waals surface area contributed by atoms with Gasteiger partial charge in [0.25, 0.3) is 0 Å². The van der Waals surface area contributed by atoms with Crippen molar-refractivity contribution in [2.24, 2.45) is 0 Å². The lowest BCUT2D eigenvalue weighted by Crippen LogP contribution is -2.24. The molecule has 0 N–H and O–H groups in total. The summed E-state index contributed by atoms with van der Waals surface area (Å²) >= 11 is 3.46. The Hall–Kier alpha value is -1.35. The van der Waals surface area contributed by atoms with E-state index in [2.05, 4.69) is 76.9 Å². The van der Waals surface area contributed by atoms with E-state index in [0.717, 1.165) is 23.4 Å². The zero-order chi connectivity index (χ0) is 13.8. The van der Waals surface area contributed by atoms with Crippen molar-refractivity contribution < 1.29 is 0 Å². The van der Waals surface area contributed by atoms with Gasteiger partial charge >= 0.3 is 0 Å². The summed E-state index contributed by atoms with van der Waals surface area (Å²) in [4.78, 5) is 6.86. The van der Waals surface area contributed by atoms with Gasteiger partial charge in [0.2, 0.25) is 0 Å². The Morgan fingerprint density at radius 2 is 1.89 bits per heavy atom. The standard InChI is InChI=1S/C16H19BrN2/c1-4-19(11-14-8-6-5-7-12(14)2)16-13(3)9-15(17)10-18-16/h5-10H,4,11H2,1-3H3. The number of pyridine rings is 1. The van der Waals surface area contributed by atoms with E-state index in [-0.39, 0.29) is 0 Å². The van der Waals surface area contributed by atoms with Crippen molar-refractivity contribution in [3.05, 3.63) is 57.7 Å². The van der Waals surface area contributed by atoms with Crippen LogP contribution in [0.1, 0.15) is 23.6 Å². The number of aryl methyl sites for hydroxylation is 2. The molecule has 100 valence electrons. The summed E-state index contributed by atoms with van der Waals surface area (Å²) in [7, 11) is 0. The predicted molar refractivity (Wildman–Crippen MR) is 84.6 cm³/mol. The van der Waals surface area contributed by atoms with Crippen LogP contribution in [0.4, 0.5) is 5.82 Å². The molecule has 0 saturated heterocycles. The van der Waals surface area contributed by atoms with Crippen LogP contribution < -0.4 is 4.90 Å². The number of hydrogen-bond donors (Lipinski definition) is 0. The van der Waals surface area contributed by atoms with E-state index < -0.39 is 0 Å². The van der Waals surface area contributed by atoms with E-state index in [9.17, 15) is 0 Å². The zero-order valence-corrected chi connectivity index (χ0v) is 13.2. The molecule has 1 aromatic heterocycles. The van der Waals surface area contributed by atoms with E-state index >= 15 is 0 Å². The first-order valence-electron chi connectivity index (χ1n) is 6.53. The number of aromatic nitrogens is 1. The van der Waals surface area contributed by atoms with Crippen LogP contribution in [-0.4, -0.2) is 11.5 Å². The predicted octanol–water partition coefficient (Wildman–Crippen LogP) is 4.49. The summed E-state index contributed by atoms with van der Waals surface area (Å²) in [5.74, 6) is 1.06. The Morgan fingerprint density at radius 3 is 2.53 bits per heavy atom. The third-order valence-corrected chi connectivity index (χ3v) is 3.75. The van der Waals surface area contributed by atoms with Crippen molar-refractivity contribution in [3.8, 4) is 0 Å². The first kappa shape index (κ1) is 14.1. The molecular weight excluding hydrogens is 300 g/mol. The molecule has 0 aliphatic carbocycles. The van der Waals surface area contributed by atoms with Crippen LogP contribution in [0, 0.1) is 13.8 Å². The average Bonchev–Trinajstić information content (AvgIpc) is 2.39. The maximum absolute atomic E-state index is 4.55. The Kier molecular flexibility index (Phi) is 4.59. The van der Waals surface area contributed by atoms with E-state index in [1.165, 1.54) is 16.7 Å². The lowest BCUT2D eigenvalue weighted by Gasteiger charge is -2.24. The number of anilines is 1. The van der Waals surface area contributed by atoms with Crippen LogP contribution in [-0.2, 0) is 6.54 Å². The van der Waals surface area contributed by atoms with Gasteiger partial charge < -0.3 is 4.90 Å². The molecule has 2 aromatic rings. The molecule has 0 radical (unpaired) electrons. The topological polar surface area (TPSA) is 16.1 Å². The summed E-state index contributed by atoms with van der Waals surface area (Å²) in [6.45, 7) is 8.28. The third-order valence-electron chi connectivity index (χ3n) is 3.32. The highest BCUT2D eigenvalue weighted by atomic mass is 79.9. The molecule has 3 heteroatoms. The minimum absolute atomic E-state index is 0.901. The van der Waals surface area contributed by atoms with Gasteiger partial charge in [-0.3, -0.25) is 0 Å². The van der Waals surface area contributed by atoms with Crippen LogP contribution in [0.2, 0.25) is 0 Å². The maximum Gasteiger partial charge on any atom is 0.131 e. The normalized spacial score (nSPS) is 10.5. The van der Waals surface area contributed by atoms with E-state index in [4.69, 9.17) is 0 Å². The molecule has 0 atom stereocenters. The summed E-state index contributed by atoms with van der Waals surface area (Å²) in [6, 6.07) is 10.6. The highest BCUT2D eigenvalue weighted by molar-refractivity contribution is 9.10. The Morgan fingerprint density at radius 1 is 1.16 bits per heavy atom. The van der Waals surface area contributed by atoms with Crippen LogP contribution in [0.25, 0.3) is 0 Å². The number of nitrogens with zero attached hydrogens (tertiary/aromatic N) is 2.